The lowest BCUT2D eigenvalue weighted by Crippen LogP contribution is -2.45. The van der Waals surface area contributed by atoms with E-state index in [0.717, 1.165) is 38.3 Å². The van der Waals surface area contributed by atoms with Gasteiger partial charge in [0.05, 0.1) is 7.11 Å². The molecule has 0 radical (unpaired) electrons. The molecule has 7 nitrogen and oxygen atoms in total. The molecule has 1 aromatic carbocycles. The summed E-state index contributed by atoms with van der Waals surface area (Å²) in [6, 6.07) is 4.15. The van der Waals surface area contributed by atoms with E-state index in [1.54, 1.807) is 7.11 Å². The number of piperazine rings is 1. The van der Waals surface area contributed by atoms with Crippen LogP contribution in [0.15, 0.2) is 12.1 Å². The average molecular weight is 360 g/mol. The van der Waals surface area contributed by atoms with Crippen LogP contribution in [0.3, 0.4) is 0 Å². The van der Waals surface area contributed by atoms with Gasteiger partial charge in [-0.3, -0.25) is 9.59 Å². The molecule has 0 atom stereocenters. The van der Waals surface area contributed by atoms with Gasteiger partial charge >= 0.3 is 0 Å². The summed E-state index contributed by atoms with van der Waals surface area (Å²) in [4.78, 5) is 30.0. The van der Waals surface area contributed by atoms with Crippen molar-refractivity contribution in [1.29, 1.82) is 0 Å². The highest BCUT2D eigenvalue weighted by molar-refractivity contribution is 5.83. The molecule has 2 heterocycles. The van der Waals surface area contributed by atoms with E-state index in [1.165, 1.54) is 16.8 Å². The number of nitrogens with zero attached hydrogens (tertiary/aromatic N) is 3. The Labute approximate surface area is 154 Å². The molecule has 142 valence electrons. The maximum Gasteiger partial charge on any atom is 0.223 e. The van der Waals surface area contributed by atoms with Crippen molar-refractivity contribution in [1.82, 2.24) is 9.80 Å². The van der Waals surface area contributed by atoms with Gasteiger partial charge in [0, 0.05) is 68.9 Å². The number of amides is 2. The number of fused-ring (bicyclic) bond motifs is 1. The molecule has 0 saturated carbocycles. The maximum atomic E-state index is 12.5. The number of carbonyl (C=O) groups is 2. The van der Waals surface area contributed by atoms with Crippen molar-refractivity contribution in [3.8, 4) is 5.75 Å². The number of benzene rings is 1. The molecule has 2 N–H and O–H groups in total. The van der Waals surface area contributed by atoms with Crippen LogP contribution in [-0.4, -0.2) is 68.5 Å². The summed E-state index contributed by atoms with van der Waals surface area (Å²) in [5.41, 5.74) is 8.75. The van der Waals surface area contributed by atoms with Crippen LogP contribution >= 0.6 is 0 Å². The van der Waals surface area contributed by atoms with Gasteiger partial charge < -0.3 is 25.2 Å². The van der Waals surface area contributed by atoms with Crippen molar-refractivity contribution >= 4 is 17.5 Å². The van der Waals surface area contributed by atoms with Gasteiger partial charge in [-0.05, 0) is 25.6 Å². The first kappa shape index (κ1) is 18.5. The van der Waals surface area contributed by atoms with Crippen molar-refractivity contribution in [2.45, 2.75) is 25.8 Å². The van der Waals surface area contributed by atoms with E-state index in [-0.39, 0.29) is 18.7 Å². The van der Waals surface area contributed by atoms with Crippen LogP contribution in [0.4, 0.5) is 5.69 Å². The van der Waals surface area contributed by atoms with Crippen molar-refractivity contribution < 1.29 is 14.3 Å². The third-order valence-electron chi connectivity index (χ3n) is 5.35. The van der Waals surface area contributed by atoms with Crippen LogP contribution < -0.4 is 15.4 Å². The Kier molecular flexibility index (Phi) is 5.66. The molecule has 2 amide bonds. The fraction of sp³-hybridized carbons (Fsp3) is 0.579. The van der Waals surface area contributed by atoms with Gasteiger partial charge in [-0.15, -0.1) is 0 Å². The Morgan fingerprint density at radius 1 is 1.08 bits per heavy atom. The summed E-state index contributed by atoms with van der Waals surface area (Å²) < 4.78 is 5.56. The highest BCUT2D eigenvalue weighted by atomic mass is 16.5. The molecule has 2 aliphatic heterocycles. The standard InChI is InChI=1S/C19H28N4O3/c1-21-9-11-22(12-10-21)16-3-4-17(26-2)14-7-8-23(13-15(14)16)19(25)6-5-18(20)24/h3-4H,5-13H2,1-2H3,(H2,20,24). The lowest BCUT2D eigenvalue weighted by molar-refractivity contribution is -0.133. The van der Waals surface area contributed by atoms with Crippen LogP contribution in [0.25, 0.3) is 0 Å². The first-order chi connectivity index (χ1) is 12.5. The van der Waals surface area contributed by atoms with Gasteiger partial charge in [0.2, 0.25) is 11.8 Å². The summed E-state index contributed by atoms with van der Waals surface area (Å²) in [7, 11) is 3.83. The molecule has 3 rings (SSSR count). The topological polar surface area (TPSA) is 79.1 Å². The van der Waals surface area contributed by atoms with Gasteiger partial charge in [0.15, 0.2) is 0 Å². The summed E-state index contributed by atoms with van der Waals surface area (Å²) in [5.74, 6) is 0.444. The molecule has 0 spiro atoms. The number of likely N-dealkylation sites (N-methyl/N-ethyl adjacent to an activating group) is 1. The predicted molar refractivity (Wildman–Crippen MR) is 100 cm³/mol. The smallest absolute Gasteiger partial charge is 0.223 e. The lowest BCUT2D eigenvalue weighted by Gasteiger charge is -2.38. The molecule has 0 aromatic heterocycles. The fourth-order valence-corrected chi connectivity index (χ4v) is 3.76. The third kappa shape index (κ3) is 3.93. The van der Waals surface area contributed by atoms with Crippen molar-refractivity contribution in [3.05, 3.63) is 23.3 Å². The van der Waals surface area contributed by atoms with Crippen LogP contribution in [0, 0.1) is 0 Å². The third-order valence-corrected chi connectivity index (χ3v) is 5.35. The number of hydrogen-bond acceptors (Lipinski definition) is 5. The predicted octanol–water partition coefficient (Wildman–Crippen LogP) is 0.597. The van der Waals surface area contributed by atoms with E-state index in [9.17, 15) is 9.59 Å². The molecule has 2 aliphatic rings. The van der Waals surface area contributed by atoms with E-state index < -0.39 is 5.91 Å². The van der Waals surface area contributed by atoms with Gasteiger partial charge in [-0.25, -0.2) is 0 Å². The molecule has 0 bridgehead atoms. The molecule has 1 fully saturated rings. The average Bonchev–Trinajstić information content (AvgIpc) is 2.65. The van der Waals surface area contributed by atoms with Crippen LogP contribution in [0.2, 0.25) is 0 Å². The zero-order valence-electron chi connectivity index (χ0n) is 15.7. The number of primary amides is 1. The number of anilines is 1. The van der Waals surface area contributed by atoms with Crippen molar-refractivity contribution in [2.24, 2.45) is 5.73 Å². The maximum absolute atomic E-state index is 12.5. The zero-order chi connectivity index (χ0) is 18.7. The Balaban J connectivity index is 1.83. The minimum Gasteiger partial charge on any atom is -0.496 e. The molecule has 0 unspecified atom stereocenters. The van der Waals surface area contributed by atoms with E-state index in [4.69, 9.17) is 10.5 Å². The van der Waals surface area contributed by atoms with Gasteiger partial charge in [-0.2, -0.15) is 0 Å². The molecule has 0 aliphatic carbocycles. The number of nitrogens with two attached hydrogens (primary N) is 1. The second-order valence-electron chi connectivity index (χ2n) is 7.07. The molecular formula is C19H28N4O3. The Morgan fingerprint density at radius 3 is 2.46 bits per heavy atom. The molecule has 7 heteroatoms. The summed E-state index contributed by atoms with van der Waals surface area (Å²) in [5, 5.41) is 0. The largest absolute Gasteiger partial charge is 0.496 e. The number of ether oxygens (including phenoxy) is 1. The van der Waals surface area contributed by atoms with Crippen molar-refractivity contribution in [2.75, 3.05) is 51.8 Å². The Hall–Kier alpha value is -2.28. The number of rotatable bonds is 5. The van der Waals surface area contributed by atoms with E-state index in [0.29, 0.717) is 13.1 Å². The van der Waals surface area contributed by atoms with Crippen LogP contribution in [0.5, 0.6) is 5.75 Å². The normalized spacial score (nSPS) is 17.8. The lowest BCUT2D eigenvalue weighted by atomic mass is 9.95. The molecular weight excluding hydrogens is 332 g/mol. The summed E-state index contributed by atoms with van der Waals surface area (Å²) in [6.07, 6.45) is 1.05. The first-order valence-corrected chi connectivity index (χ1v) is 9.18. The molecule has 1 aromatic rings. The number of methoxy groups -OCH3 is 1. The van der Waals surface area contributed by atoms with Crippen molar-refractivity contribution in [3.63, 3.8) is 0 Å². The van der Waals surface area contributed by atoms with Gasteiger partial charge in [-0.1, -0.05) is 0 Å². The highest BCUT2D eigenvalue weighted by Crippen LogP contribution is 2.36. The summed E-state index contributed by atoms with van der Waals surface area (Å²) >= 11 is 0. The minimum absolute atomic E-state index is 0.0124. The van der Waals surface area contributed by atoms with E-state index >= 15 is 0 Å². The van der Waals surface area contributed by atoms with Gasteiger partial charge in [0.1, 0.15) is 5.75 Å². The summed E-state index contributed by atoms with van der Waals surface area (Å²) in [6.45, 7) is 5.22. The second kappa shape index (κ2) is 7.95. The van der Waals surface area contributed by atoms with E-state index in [1.807, 2.05) is 11.0 Å². The Morgan fingerprint density at radius 2 is 1.81 bits per heavy atom. The quantitative estimate of drug-likeness (QED) is 0.832. The van der Waals surface area contributed by atoms with Crippen LogP contribution in [-0.2, 0) is 22.6 Å². The van der Waals surface area contributed by atoms with Crippen LogP contribution in [0.1, 0.15) is 24.0 Å². The van der Waals surface area contributed by atoms with E-state index in [2.05, 4.69) is 22.9 Å². The highest BCUT2D eigenvalue weighted by Gasteiger charge is 2.28. The molecule has 26 heavy (non-hydrogen) atoms. The second-order valence-corrected chi connectivity index (χ2v) is 7.07. The fourth-order valence-electron chi connectivity index (χ4n) is 3.76. The monoisotopic (exact) mass is 360 g/mol. The molecule has 1 saturated heterocycles. The number of carbonyl (C=O) groups excluding carboxylic acids is 2. The first-order valence-electron chi connectivity index (χ1n) is 9.18. The Bertz CT molecular complexity index is 684. The van der Waals surface area contributed by atoms with Gasteiger partial charge in [0.25, 0.3) is 0 Å². The minimum atomic E-state index is -0.435. The number of hydrogen-bond donors (Lipinski definition) is 1. The zero-order valence-corrected chi connectivity index (χ0v) is 15.7. The SMILES string of the molecule is COc1ccc(N2CCN(C)CC2)c2c1CCN(C(=O)CCC(N)=O)C2.